The molecule has 3 heterocycles. The summed E-state index contributed by atoms with van der Waals surface area (Å²) < 4.78 is 1.91. The number of para-hydroxylation sites is 2. The molecule has 10 nitrogen and oxygen atoms in total. The van der Waals surface area contributed by atoms with E-state index in [0.29, 0.717) is 31.4 Å². The van der Waals surface area contributed by atoms with Crippen LogP contribution in [-0.4, -0.2) is 73.0 Å². The van der Waals surface area contributed by atoms with Gasteiger partial charge >= 0.3 is 6.03 Å². The number of carbonyl (C=O) groups excluding carboxylic acids is 2. The maximum Gasteiger partial charge on any atom is 0.321 e. The molecule has 2 N–H and O–H groups in total. The number of carbonyl (C=O) groups is 2. The van der Waals surface area contributed by atoms with Crippen molar-refractivity contribution >= 4 is 45.4 Å². The highest BCUT2D eigenvalue weighted by Gasteiger charge is 2.35. The van der Waals surface area contributed by atoms with E-state index in [9.17, 15) is 9.59 Å². The maximum atomic E-state index is 13.4. The Kier molecular flexibility index (Phi) is 6.73. The Morgan fingerprint density at radius 1 is 0.950 bits per heavy atom. The third-order valence-electron chi connectivity index (χ3n) is 7.42. The van der Waals surface area contributed by atoms with Crippen molar-refractivity contribution in [1.82, 2.24) is 29.3 Å². The molecule has 6 rings (SSSR count). The molecule has 1 saturated heterocycles. The molecule has 0 bridgehead atoms. The monoisotopic (exact) mass is 534 g/mol. The van der Waals surface area contributed by atoms with Crippen LogP contribution in [0.4, 0.5) is 16.4 Å². The van der Waals surface area contributed by atoms with Gasteiger partial charge in [-0.25, -0.2) is 14.8 Å². The first-order chi connectivity index (χ1) is 19.5. The molecule has 1 fully saturated rings. The second-order valence-corrected chi connectivity index (χ2v) is 9.96. The Morgan fingerprint density at radius 2 is 1.75 bits per heavy atom. The highest BCUT2D eigenvalue weighted by Crippen LogP contribution is 2.24. The first kappa shape index (κ1) is 25.3. The zero-order chi connectivity index (χ0) is 27.6. The SMILES string of the molecule is CC(=O)N1CCN(C(=O)Nc2cccc3ccccc23)CC1C(C)Nc1nccc(-n2cnc3ccccc32)n1. The lowest BCUT2D eigenvalue weighted by Crippen LogP contribution is -2.61. The van der Waals surface area contributed by atoms with Gasteiger partial charge in [0.25, 0.3) is 0 Å². The van der Waals surface area contributed by atoms with Crippen LogP contribution in [0.2, 0.25) is 0 Å². The largest absolute Gasteiger partial charge is 0.350 e. The van der Waals surface area contributed by atoms with Crippen molar-refractivity contribution in [3.8, 4) is 5.82 Å². The molecule has 3 aromatic carbocycles. The summed E-state index contributed by atoms with van der Waals surface area (Å²) in [6.45, 7) is 4.80. The molecule has 0 saturated carbocycles. The van der Waals surface area contributed by atoms with E-state index < -0.39 is 0 Å². The summed E-state index contributed by atoms with van der Waals surface area (Å²) in [5.74, 6) is 1.08. The van der Waals surface area contributed by atoms with Crippen LogP contribution >= 0.6 is 0 Å². The van der Waals surface area contributed by atoms with Gasteiger partial charge in [-0.3, -0.25) is 9.36 Å². The number of hydrogen-bond acceptors (Lipinski definition) is 6. The van der Waals surface area contributed by atoms with Crippen LogP contribution < -0.4 is 10.6 Å². The van der Waals surface area contributed by atoms with Crippen LogP contribution in [0.1, 0.15) is 13.8 Å². The molecule has 1 aliphatic rings. The van der Waals surface area contributed by atoms with E-state index in [0.717, 1.165) is 27.5 Å². The summed E-state index contributed by atoms with van der Waals surface area (Å²) in [5.41, 5.74) is 2.59. The summed E-state index contributed by atoms with van der Waals surface area (Å²) >= 11 is 0. The standard InChI is InChI=1S/C30H30N8O2/c1-20(33-29-31-15-14-28(35-29)38-19-32-25-11-5-6-13-26(25)38)27-18-36(16-17-37(27)21(2)39)30(40)34-24-12-7-9-22-8-3-4-10-23(22)24/h3-15,19-20,27H,16-18H2,1-2H3,(H,34,40)(H,31,33,35). The number of urea groups is 1. The van der Waals surface area contributed by atoms with E-state index in [-0.39, 0.29) is 24.0 Å². The van der Waals surface area contributed by atoms with Gasteiger partial charge in [-0.15, -0.1) is 0 Å². The molecular weight excluding hydrogens is 504 g/mol. The molecule has 1 aliphatic heterocycles. The van der Waals surface area contributed by atoms with Gasteiger partial charge in [-0.2, -0.15) is 4.98 Å². The molecule has 0 spiro atoms. The maximum absolute atomic E-state index is 13.4. The van der Waals surface area contributed by atoms with Crippen LogP contribution in [0.3, 0.4) is 0 Å². The average Bonchev–Trinajstić information content (AvgIpc) is 3.41. The number of anilines is 2. The fourth-order valence-electron chi connectivity index (χ4n) is 5.34. The summed E-state index contributed by atoms with van der Waals surface area (Å²) in [6.07, 6.45) is 3.44. The molecular formula is C30H30N8O2. The van der Waals surface area contributed by atoms with Crippen molar-refractivity contribution < 1.29 is 9.59 Å². The van der Waals surface area contributed by atoms with E-state index in [1.807, 2.05) is 89.2 Å². The molecule has 10 heteroatoms. The molecule has 40 heavy (non-hydrogen) atoms. The van der Waals surface area contributed by atoms with Crippen molar-refractivity contribution in [2.24, 2.45) is 0 Å². The highest BCUT2D eigenvalue weighted by molar-refractivity contribution is 6.01. The highest BCUT2D eigenvalue weighted by atomic mass is 16.2. The molecule has 0 radical (unpaired) electrons. The van der Waals surface area contributed by atoms with E-state index >= 15 is 0 Å². The third kappa shape index (κ3) is 4.91. The predicted octanol–water partition coefficient (Wildman–Crippen LogP) is 4.53. The van der Waals surface area contributed by atoms with Gasteiger partial charge in [-0.05, 0) is 36.6 Å². The van der Waals surface area contributed by atoms with Crippen LogP contribution in [0.5, 0.6) is 0 Å². The van der Waals surface area contributed by atoms with Gasteiger partial charge in [0, 0.05) is 44.2 Å². The molecule has 5 aromatic rings. The predicted molar refractivity (Wildman–Crippen MR) is 155 cm³/mol. The van der Waals surface area contributed by atoms with Crippen molar-refractivity contribution in [2.75, 3.05) is 30.3 Å². The van der Waals surface area contributed by atoms with Crippen LogP contribution in [0, 0.1) is 0 Å². The summed E-state index contributed by atoms with van der Waals surface area (Å²) in [7, 11) is 0. The Bertz CT molecular complexity index is 1690. The normalized spacial score (nSPS) is 16.2. The number of nitrogens with zero attached hydrogens (tertiary/aromatic N) is 6. The minimum Gasteiger partial charge on any atom is -0.350 e. The molecule has 2 unspecified atom stereocenters. The molecule has 202 valence electrons. The second-order valence-electron chi connectivity index (χ2n) is 9.96. The van der Waals surface area contributed by atoms with E-state index in [2.05, 4.69) is 20.6 Å². The third-order valence-corrected chi connectivity index (χ3v) is 7.42. The number of hydrogen-bond donors (Lipinski definition) is 2. The van der Waals surface area contributed by atoms with Gasteiger partial charge in [0.1, 0.15) is 12.1 Å². The number of piperazine rings is 1. The lowest BCUT2D eigenvalue weighted by molar-refractivity contribution is -0.133. The summed E-state index contributed by atoms with van der Waals surface area (Å²) in [6, 6.07) is 22.8. The minimum atomic E-state index is -0.272. The number of benzene rings is 3. The van der Waals surface area contributed by atoms with Gasteiger partial charge < -0.3 is 20.4 Å². The van der Waals surface area contributed by atoms with Crippen molar-refractivity contribution in [3.05, 3.63) is 85.3 Å². The first-order valence-corrected chi connectivity index (χ1v) is 13.3. The fourth-order valence-corrected chi connectivity index (χ4v) is 5.34. The van der Waals surface area contributed by atoms with E-state index in [4.69, 9.17) is 4.98 Å². The quantitative estimate of drug-likeness (QED) is 0.343. The lowest BCUT2D eigenvalue weighted by atomic mass is 10.0. The molecule has 2 aromatic heterocycles. The van der Waals surface area contributed by atoms with Crippen LogP contribution in [-0.2, 0) is 4.79 Å². The van der Waals surface area contributed by atoms with Gasteiger partial charge in [0.05, 0.1) is 22.8 Å². The molecule has 0 aliphatic carbocycles. The van der Waals surface area contributed by atoms with Gasteiger partial charge in [-0.1, -0.05) is 48.5 Å². The van der Waals surface area contributed by atoms with Gasteiger partial charge in [0.15, 0.2) is 0 Å². The number of rotatable bonds is 5. The molecule has 3 amide bonds. The Hall–Kier alpha value is -4.99. The van der Waals surface area contributed by atoms with Crippen LogP contribution in [0.15, 0.2) is 85.3 Å². The number of nitrogens with one attached hydrogen (secondary N) is 2. The topological polar surface area (TPSA) is 108 Å². The number of amides is 3. The van der Waals surface area contributed by atoms with Crippen molar-refractivity contribution in [1.29, 1.82) is 0 Å². The zero-order valence-electron chi connectivity index (χ0n) is 22.4. The fraction of sp³-hybridized carbons (Fsp3) is 0.233. The van der Waals surface area contributed by atoms with Crippen LogP contribution in [0.25, 0.3) is 27.6 Å². The van der Waals surface area contributed by atoms with Crippen molar-refractivity contribution in [2.45, 2.75) is 25.9 Å². The Balaban J connectivity index is 1.20. The Labute approximate surface area is 231 Å². The summed E-state index contributed by atoms with van der Waals surface area (Å²) in [5, 5.41) is 8.49. The van der Waals surface area contributed by atoms with Crippen molar-refractivity contribution in [3.63, 3.8) is 0 Å². The number of fused-ring (bicyclic) bond motifs is 2. The smallest absolute Gasteiger partial charge is 0.321 e. The second kappa shape index (κ2) is 10.6. The van der Waals surface area contributed by atoms with Gasteiger partial charge in [0.2, 0.25) is 11.9 Å². The number of aromatic nitrogens is 4. The minimum absolute atomic E-state index is 0.0349. The van der Waals surface area contributed by atoms with E-state index in [1.54, 1.807) is 24.3 Å². The molecule has 2 atom stereocenters. The first-order valence-electron chi connectivity index (χ1n) is 13.3. The lowest BCUT2D eigenvalue weighted by Gasteiger charge is -2.43. The average molecular weight is 535 g/mol. The summed E-state index contributed by atoms with van der Waals surface area (Å²) in [4.78, 5) is 43.1. The zero-order valence-corrected chi connectivity index (χ0v) is 22.4. The Morgan fingerprint density at radius 3 is 2.62 bits per heavy atom. The van der Waals surface area contributed by atoms with E-state index in [1.165, 1.54) is 0 Å². The number of imidazole rings is 1.